The van der Waals surface area contributed by atoms with Crippen molar-refractivity contribution < 1.29 is 17.9 Å². The Labute approximate surface area is 200 Å². The number of hydrogen-bond acceptors (Lipinski definition) is 4. The lowest BCUT2D eigenvalue weighted by Gasteiger charge is -2.22. The minimum absolute atomic E-state index is 0.0579. The van der Waals surface area contributed by atoms with E-state index in [0.29, 0.717) is 17.4 Å². The maximum Gasteiger partial charge on any atom is 0.241 e. The average molecular weight is 487 g/mol. The van der Waals surface area contributed by atoms with Crippen LogP contribution in [-0.2, 0) is 21.2 Å². The van der Waals surface area contributed by atoms with Crippen LogP contribution in [0.5, 0.6) is 5.75 Å². The third kappa shape index (κ3) is 7.05. The number of carbonyl (C=O) groups excluding carboxylic acids is 1. The first kappa shape index (κ1) is 24.8. The molecule has 2 N–H and O–H groups in total. The van der Waals surface area contributed by atoms with Crippen LogP contribution in [-0.4, -0.2) is 27.0 Å². The van der Waals surface area contributed by atoms with E-state index in [1.807, 2.05) is 56.3 Å². The number of benzene rings is 3. The number of sulfonamides is 1. The van der Waals surface area contributed by atoms with Gasteiger partial charge in [0.2, 0.25) is 15.9 Å². The maximum atomic E-state index is 13.2. The number of rotatable bonds is 10. The summed E-state index contributed by atoms with van der Waals surface area (Å²) in [6.07, 6.45) is 0.205. The van der Waals surface area contributed by atoms with Crippen molar-refractivity contribution in [2.45, 2.75) is 37.2 Å². The van der Waals surface area contributed by atoms with Gasteiger partial charge in [0, 0.05) is 5.02 Å². The molecule has 0 aliphatic rings. The van der Waals surface area contributed by atoms with Gasteiger partial charge in [-0.25, -0.2) is 8.42 Å². The summed E-state index contributed by atoms with van der Waals surface area (Å²) >= 11 is 5.95. The van der Waals surface area contributed by atoms with Gasteiger partial charge < -0.3 is 10.1 Å². The summed E-state index contributed by atoms with van der Waals surface area (Å²) in [6.45, 7) is 4.17. The molecule has 0 bridgehead atoms. The molecule has 0 radical (unpaired) electrons. The maximum absolute atomic E-state index is 13.2. The first-order valence-electron chi connectivity index (χ1n) is 10.6. The second-order valence-electron chi connectivity index (χ2n) is 7.55. The van der Waals surface area contributed by atoms with Gasteiger partial charge in [-0.05, 0) is 67.8 Å². The molecule has 1 amide bonds. The van der Waals surface area contributed by atoms with Crippen molar-refractivity contribution in [2.24, 2.45) is 0 Å². The highest BCUT2D eigenvalue weighted by Gasteiger charge is 2.27. The first-order chi connectivity index (χ1) is 15.8. The highest BCUT2D eigenvalue weighted by atomic mass is 35.5. The van der Waals surface area contributed by atoms with Gasteiger partial charge in [0.25, 0.3) is 0 Å². The SMILES string of the molecule is CCOc1ccc(S(=O)(=O)N[C@@H](Cc2ccccc2)C(=O)N[C@H](C)c2ccc(Cl)cc2)cc1. The van der Waals surface area contributed by atoms with Gasteiger partial charge >= 0.3 is 0 Å². The zero-order chi connectivity index (χ0) is 23.8. The molecule has 3 rings (SSSR count). The minimum atomic E-state index is -3.95. The molecular weight excluding hydrogens is 460 g/mol. The molecular formula is C25H27ClN2O4S. The van der Waals surface area contributed by atoms with Crippen molar-refractivity contribution in [3.63, 3.8) is 0 Å². The predicted octanol–water partition coefficient (Wildman–Crippen LogP) is 4.51. The largest absolute Gasteiger partial charge is 0.494 e. The molecule has 0 heterocycles. The summed E-state index contributed by atoms with van der Waals surface area (Å²) in [6, 6.07) is 21.2. The third-order valence-electron chi connectivity index (χ3n) is 5.07. The molecule has 6 nitrogen and oxygen atoms in total. The lowest BCUT2D eigenvalue weighted by Crippen LogP contribution is -2.48. The monoisotopic (exact) mass is 486 g/mol. The molecule has 174 valence electrons. The van der Waals surface area contributed by atoms with Crippen LogP contribution in [0, 0.1) is 0 Å². The van der Waals surface area contributed by atoms with Crippen molar-refractivity contribution in [3.8, 4) is 5.75 Å². The Morgan fingerprint density at radius 1 is 0.970 bits per heavy atom. The first-order valence-corrected chi connectivity index (χ1v) is 12.5. The zero-order valence-corrected chi connectivity index (χ0v) is 20.1. The van der Waals surface area contributed by atoms with Crippen LogP contribution in [0.4, 0.5) is 0 Å². The number of hydrogen-bond donors (Lipinski definition) is 2. The summed E-state index contributed by atoms with van der Waals surface area (Å²) in [5.74, 6) is 0.155. The van der Waals surface area contributed by atoms with E-state index in [2.05, 4.69) is 10.0 Å². The van der Waals surface area contributed by atoms with E-state index in [9.17, 15) is 13.2 Å². The lowest BCUT2D eigenvalue weighted by atomic mass is 10.0. The molecule has 0 aliphatic carbocycles. The fourth-order valence-electron chi connectivity index (χ4n) is 3.32. The van der Waals surface area contributed by atoms with Crippen molar-refractivity contribution in [2.75, 3.05) is 6.61 Å². The van der Waals surface area contributed by atoms with E-state index >= 15 is 0 Å². The molecule has 3 aromatic rings. The highest BCUT2D eigenvalue weighted by molar-refractivity contribution is 7.89. The molecule has 0 saturated carbocycles. The molecule has 0 spiro atoms. The molecule has 8 heteroatoms. The molecule has 0 aromatic heterocycles. The number of halogens is 1. The van der Waals surface area contributed by atoms with Crippen LogP contribution in [0.2, 0.25) is 5.02 Å². The number of carbonyl (C=O) groups is 1. The molecule has 33 heavy (non-hydrogen) atoms. The normalized spacial score (nSPS) is 13.2. The minimum Gasteiger partial charge on any atom is -0.494 e. The molecule has 0 saturated heterocycles. The fourth-order valence-corrected chi connectivity index (χ4v) is 4.64. The van der Waals surface area contributed by atoms with Crippen molar-refractivity contribution in [1.29, 1.82) is 0 Å². The van der Waals surface area contributed by atoms with Gasteiger partial charge in [0.15, 0.2) is 0 Å². The second kappa shape index (κ2) is 11.3. The zero-order valence-electron chi connectivity index (χ0n) is 18.5. The summed E-state index contributed by atoms with van der Waals surface area (Å²) in [5.41, 5.74) is 1.70. The summed E-state index contributed by atoms with van der Waals surface area (Å²) in [7, 11) is -3.95. The Morgan fingerprint density at radius 2 is 1.61 bits per heavy atom. The van der Waals surface area contributed by atoms with Gasteiger partial charge in [0.05, 0.1) is 17.5 Å². The van der Waals surface area contributed by atoms with E-state index in [1.165, 1.54) is 12.1 Å². The Morgan fingerprint density at radius 3 is 2.21 bits per heavy atom. The standard InChI is InChI=1S/C25H27ClN2O4S/c1-3-32-22-13-15-23(16-14-22)33(30,31)28-24(17-19-7-5-4-6-8-19)25(29)27-18(2)20-9-11-21(26)12-10-20/h4-16,18,24,28H,3,17H2,1-2H3,(H,27,29)/t18-,24+/m1/s1. The van der Waals surface area contributed by atoms with Gasteiger partial charge in [0.1, 0.15) is 11.8 Å². The van der Waals surface area contributed by atoms with E-state index in [-0.39, 0.29) is 17.4 Å². The molecule has 2 atom stereocenters. The smallest absolute Gasteiger partial charge is 0.241 e. The van der Waals surface area contributed by atoms with E-state index in [1.54, 1.807) is 24.3 Å². The second-order valence-corrected chi connectivity index (χ2v) is 9.70. The van der Waals surface area contributed by atoms with Crippen molar-refractivity contribution >= 4 is 27.5 Å². The van der Waals surface area contributed by atoms with Crippen LogP contribution in [0.3, 0.4) is 0 Å². The Bertz CT molecular complexity index is 1150. The lowest BCUT2D eigenvalue weighted by molar-refractivity contribution is -0.123. The number of nitrogens with one attached hydrogen (secondary N) is 2. The van der Waals surface area contributed by atoms with Gasteiger partial charge in [-0.1, -0.05) is 54.1 Å². The summed E-state index contributed by atoms with van der Waals surface area (Å²) in [5, 5.41) is 3.51. The van der Waals surface area contributed by atoms with E-state index in [4.69, 9.17) is 16.3 Å². The van der Waals surface area contributed by atoms with Gasteiger partial charge in [-0.2, -0.15) is 4.72 Å². The quantitative estimate of drug-likeness (QED) is 0.441. The fraction of sp³-hybridized carbons (Fsp3) is 0.240. The van der Waals surface area contributed by atoms with Crippen LogP contribution >= 0.6 is 11.6 Å². The van der Waals surface area contributed by atoms with Crippen LogP contribution in [0.1, 0.15) is 31.0 Å². The number of amides is 1. The summed E-state index contributed by atoms with van der Waals surface area (Å²) < 4.78 is 34.1. The van der Waals surface area contributed by atoms with E-state index in [0.717, 1.165) is 11.1 Å². The van der Waals surface area contributed by atoms with Crippen LogP contribution in [0.25, 0.3) is 0 Å². The van der Waals surface area contributed by atoms with Crippen molar-refractivity contribution in [1.82, 2.24) is 10.0 Å². The third-order valence-corrected chi connectivity index (χ3v) is 6.81. The predicted molar refractivity (Wildman–Crippen MR) is 130 cm³/mol. The van der Waals surface area contributed by atoms with E-state index < -0.39 is 22.0 Å². The van der Waals surface area contributed by atoms with Gasteiger partial charge in [-0.3, -0.25) is 4.79 Å². The Kier molecular flexibility index (Phi) is 8.49. The summed E-state index contributed by atoms with van der Waals surface area (Å²) in [4.78, 5) is 13.2. The number of ether oxygens (including phenoxy) is 1. The highest BCUT2D eigenvalue weighted by Crippen LogP contribution is 2.19. The molecule has 0 fully saturated rings. The molecule has 0 aliphatic heterocycles. The Hall–Kier alpha value is -2.87. The average Bonchev–Trinajstić information content (AvgIpc) is 2.80. The van der Waals surface area contributed by atoms with Crippen molar-refractivity contribution in [3.05, 3.63) is 95.0 Å². The Balaban J connectivity index is 1.80. The topological polar surface area (TPSA) is 84.5 Å². The molecule has 3 aromatic carbocycles. The van der Waals surface area contributed by atoms with Crippen LogP contribution < -0.4 is 14.8 Å². The molecule has 0 unspecified atom stereocenters. The van der Waals surface area contributed by atoms with Gasteiger partial charge in [-0.15, -0.1) is 0 Å². The van der Waals surface area contributed by atoms with Crippen LogP contribution in [0.15, 0.2) is 83.8 Å².